The Balaban J connectivity index is 3.74. The van der Waals surface area contributed by atoms with Gasteiger partial charge in [-0.25, -0.2) is 0 Å². The zero-order valence-electron chi connectivity index (χ0n) is 15.3. The second kappa shape index (κ2) is 13.8. The minimum absolute atomic E-state index is 0.585. The van der Waals surface area contributed by atoms with Crippen LogP contribution in [0.1, 0.15) is 34.1 Å². The molecule has 132 valence electrons. The molecule has 6 nitrogen and oxygen atoms in total. The maximum Gasteiger partial charge on any atom is 0.191 e. The van der Waals surface area contributed by atoms with Gasteiger partial charge in [0.2, 0.25) is 0 Å². The quantitative estimate of drug-likeness (QED) is 0.323. The number of guanidine groups is 1. The topological polar surface area (TPSA) is 58.1 Å². The van der Waals surface area contributed by atoms with Crippen LogP contribution in [0.25, 0.3) is 0 Å². The Labute approximate surface area is 136 Å². The third-order valence-electron chi connectivity index (χ3n) is 3.41. The zero-order valence-corrected chi connectivity index (χ0v) is 15.3. The highest BCUT2D eigenvalue weighted by Gasteiger charge is 2.12. The highest BCUT2D eigenvalue weighted by atomic mass is 16.5. The van der Waals surface area contributed by atoms with Crippen LogP contribution < -0.4 is 10.6 Å². The van der Waals surface area contributed by atoms with E-state index in [2.05, 4.69) is 48.2 Å². The lowest BCUT2D eigenvalue weighted by Crippen LogP contribution is -2.42. The normalized spacial score (nSPS) is 12.5. The molecule has 0 aromatic heterocycles. The molecular weight excluding hydrogens is 280 g/mol. The number of aliphatic imine (C=N–C) groups is 1. The van der Waals surface area contributed by atoms with E-state index in [9.17, 15) is 0 Å². The minimum atomic E-state index is 0.585. The van der Waals surface area contributed by atoms with E-state index in [1.54, 1.807) is 14.2 Å². The van der Waals surface area contributed by atoms with Crippen molar-refractivity contribution in [1.82, 2.24) is 15.5 Å². The van der Waals surface area contributed by atoms with Crippen LogP contribution in [0.2, 0.25) is 0 Å². The number of methoxy groups -OCH3 is 1. The molecular formula is C16H36N4O2. The van der Waals surface area contributed by atoms with Crippen molar-refractivity contribution in [1.29, 1.82) is 0 Å². The molecule has 0 bridgehead atoms. The largest absolute Gasteiger partial charge is 0.382 e. The molecule has 0 aliphatic heterocycles. The van der Waals surface area contributed by atoms with E-state index in [1.807, 2.05) is 0 Å². The number of hydrogen-bond acceptors (Lipinski definition) is 4. The summed E-state index contributed by atoms with van der Waals surface area (Å²) < 4.78 is 10.3. The second-order valence-electron chi connectivity index (χ2n) is 5.81. The molecule has 0 spiro atoms. The molecule has 0 rings (SSSR count). The van der Waals surface area contributed by atoms with Crippen LogP contribution in [0, 0.1) is 0 Å². The standard InChI is InChI=1S/C16H36N4O2/c1-14(2)20(15(3)4)10-7-8-18-16(17-5)19-9-11-22-13-12-21-6/h14-15H,7-13H2,1-6H3,(H2,17,18,19). The number of hydrogen-bond donors (Lipinski definition) is 2. The van der Waals surface area contributed by atoms with Gasteiger partial charge in [0.15, 0.2) is 5.96 Å². The zero-order chi connectivity index (χ0) is 16.8. The van der Waals surface area contributed by atoms with Crippen molar-refractivity contribution in [2.45, 2.75) is 46.2 Å². The molecule has 0 amide bonds. The Hall–Kier alpha value is -0.850. The fourth-order valence-corrected chi connectivity index (χ4v) is 2.29. The van der Waals surface area contributed by atoms with E-state index < -0.39 is 0 Å². The number of rotatable bonds is 12. The average molecular weight is 316 g/mol. The molecule has 0 atom stereocenters. The molecule has 0 aliphatic rings. The van der Waals surface area contributed by atoms with Gasteiger partial charge in [-0.05, 0) is 34.1 Å². The summed E-state index contributed by atoms with van der Waals surface area (Å²) in [4.78, 5) is 6.71. The molecule has 0 aromatic carbocycles. The molecule has 0 fully saturated rings. The van der Waals surface area contributed by atoms with Gasteiger partial charge in [0.05, 0.1) is 19.8 Å². The number of nitrogens with one attached hydrogen (secondary N) is 2. The van der Waals surface area contributed by atoms with E-state index in [-0.39, 0.29) is 0 Å². The molecule has 0 saturated heterocycles. The maximum atomic E-state index is 5.40. The van der Waals surface area contributed by atoms with Gasteiger partial charge in [-0.2, -0.15) is 0 Å². The molecule has 0 aliphatic carbocycles. The fourth-order valence-electron chi connectivity index (χ4n) is 2.29. The highest BCUT2D eigenvalue weighted by molar-refractivity contribution is 5.79. The number of ether oxygens (including phenoxy) is 2. The van der Waals surface area contributed by atoms with Crippen LogP contribution in [-0.4, -0.2) is 76.6 Å². The predicted molar refractivity (Wildman–Crippen MR) is 93.7 cm³/mol. The second-order valence-corrected chi connectivity index (χ2v) is 5.81. The Morgan fingerprint density at radius 1 is 1.00 bits per heavy atom. The molecule has 6 heteroatoms. The fraction of sp³-hybridized carbons (Fsp3) is 0.938. The summed E-state index contributed by atoms with van der Waals surface area (Å²) >= 11 is 0. The summed E-state index contributed by atoms with van der Waals surface area (Å²) in [7, 11) is 3.46. The first kappa shape index (κ1) is 21.1. The van der Waals surface area contributed by atoms with Gasteiger partial charge in [-0.15, -0.1) is 0 Å². The molecule has 0 unspecified atom stereocenters. The third kappa shape index (κ3) is 10.8. The van der Waals surface area contributed by atoms with Crippen LogP contribution in [0.15, 0.2) is 4.99 Å². The molecule has 0 aromatic rings. The Bertz CT molecular complexity index is 275. The van der Waals surface area contributed by atoms with Crippen molar-refractivity contribution in [2.24, 2.45) is 4.99 Å². The van der Waals surface area contributed by atoms with Crippen molar-refractivity contribution >= 4 is 5.96 Å². The average Bonchev–Trinajstić information content (AvgIpc) is 2.47. The molecule has 2 N–H and O–H groups in total. The Morgan fingerprint density at radius 3 is 2.18 bits per heavy atom. The summed E-state index contributed by atoms with van der Waals surface area (Å²) in [6, 6.07) is 1.17. The van der Waals surface area contributed by atoms with Crippen molar-refractivity contribution < 1.29 is 9.47 Å². The summed E-state index contributed by atoms with van der Waals surface area (Å²) in [5, 5.41) is 6.58. The SMILES string of the molecule is CN=C(NCCCN(C(C)C)C(C)C)NCCOCCOC. The third-order valence-corrected chi connectivity index (χ3v) is 3.41. The van der Waals surface area contributed by atoms with Crippen LogP contribution >= 0.6 is 0 Å². The van der Waals surface area contributed by atoms with Crippen LogP contribution in [-0.2, 0) is 9.47 Å². The first-order valence-corrected chi connectivity index (χ1v) is 8.29. The van der Waals surface area contributed by atoms with E-state index in [0.717, 1.165) is 32.0 Å². The summed E-state index contributed by atoms with van der Waals surface area (Å²) in [6.07, 6.45) is 1.10. The Kier molecular flexibility index (Phi) is 13.3. The van der Waals surface area contributed by atoms with E-state index in [4.69, 9.17) is 9.47 Å². The van der Waals surface area contributed by atoms with Crippen molar-refractivity contribution in [3.63, 3.8) is 0 Å². The smallest absolute Gasteiger partial charge is 0.191 e. The van der Waals surface area contributed by atoms with Crippen molar-refractivity contribution in [3.05, 3.63) is 0 Å². The van der Waals surface area contributed by atoms with Gasteiger partial charge in [0.1, 0.15) is 0 Å². The van der Waals surface area contributed by atoms with Gasteiger partial charge in [0.25, 0.3) is 0 Å². The lowest BCUT2D eigenvalue weighted by molar-refractivity contribution is 0.0733. The molecule has 22 heavy (non-hydrogen) atoms. The minimum Gasteiger partial charge on any atom is -0.382 e. The highest BCUT2D eigenvalue weighted by Crippen LogP contribution is 2.05. The van der Waals surface area contributed by atoms with E-state index in [0.29, 0.717) is 31.9 Å². The first-order valence-electron chi connectivity index (χ1n) is 8.29. The van der Waals surface area contributed by atoms with Gasteiger partial charge >= 0.3 is 0 Å². The summed E-state index contributed by atoms with van der Waals surface area (Å²) in [5.41, 5.74) is 0. The van der Waals surface area contributed by atoms with Gasteiger partial charge in [-0.1, -0.05) is 0 Å². The van der Waals surface area contributed by atoms with E-state index in [1.165, 1.54) is 0 Å². The molecule has 0 saturated carbocycles. The monoisotopic (exact) mass is 316 g/mol. The van der Waals surface area contributed by atoms with Crippen molar-refractivity contribution in [3.8, 4) is 0 Å². The van der Waals surface area contributed by atoms with Crippen LogP contribution in [0.3, 0.4) is 0 Å². The van der Waals surface area contributed by atoms with Gasteiger partial charge in [0, 0.05) is 45.9 Å². The van der Waals surface area contributed by atoms with Gasteiger partial charge in [-0.3, -0.25) is 9.89 Å². The number of nitrogens with zero attached hydrogens (tertiary/aromatic N) is 2. The lowest BCUT2D eigenvalue weighted by atomic mass is 10.2. The summed E-state index contributed by atoms with van der Waals surface area (Å²) in [5.74, 6) is 0.830. The molecule has 0 heterocycles. The first-order chi connectivity index (χ1) is 10.5. The Morgan fingerprint density at radius 2 is 1.64 bits per heavy atom. The van der Waals surface area contributed by atoms with Gasteiger partial charge < -0.3 is 20.1 Å². The van der Waals surface area contributed by atoms with E-state index >= 15 is 0 Å². The predicted octanol–water partition coefficient (Wildman–Crippen LogP) is 1.32. The van der Waals surface area contributed by atoms with Crippen molar-refractivity contribution in [2.75, 3.05) is 53.6 Å². The summed E-state index contributed by atoms with van der Waals surface area (Å²) in [6.45, 7) is 13.7. The maximum absolute atomic E-state index is 5.40. The van der Waals surface area contributed by atoms with Crippen LogP contribution in [0.5, 0.6) is 0 Å². The lowest BCUT2D eigenvalue weighted by Gasteiger charge is -2.30. The molecule has 0 radical (unpaired) electrons. The van der Waals surface area contributed by atoms with Crippen LogP contribution in [0.4, 0.5) is 0 Å².